The van der Waals surface area contributed by atoms with Crippen LogP contribution in [0.5, 0.6) is 0 Å². The average molecular weight is 427 g/mol. The van der Waals surface area contributed by atoms with E-state index in [1.165, 1.54) is 37.7 Å². The maximum absolute atomic E-state index is 12.5. The van der Waals surface area contributed by atoms with E-state index in [-0.39, 0.29) is 4.90 Å². The molecule has 3 N–H and O–H groups in total. The summed E-state index contributed by atoms with van der Waals surface area (Å²) < 4.78 is 26.3. The molecule has 0 bridgehead atoms. The number of thiocarbonyl (C=S) groups is 1. The number of anilines is 2. The molecule has 2 rings (SSSR count). The molecule has 8 heteroatoms. The topological polar surface area (TPSA) is 73.5 Å². The third kappa shape index (κ3) is 6.06. The first kappa shape index (κ1) is 22.9. The van der Waals surface area contributed by atoms with Gasteiger partial charge in [-0.05, 0) is 55.6 Å². The van der Waals surface area contributed by atoms with Gasteiger partial charge in [-0.3, -0.25) is 0 Å². The highest BCUT2D eigenvalue weighted by molar-refractivity contribution is 7.89. The van der Waals surface area contributed by atoms with Gasteiger partial charge >= 0.3 is 0 Å². The Morgan fingerprint density at radius 1 is 1.21 bits per heavy atom. The van der Waals surface area contributed by atoms with Crippen molar-refractivity contribution in [1.82, 2.24) is 9.62 Å². The molecule has 2 atom stereocenters. The highest BCUT2D eigenvalue weighted by atomic mass is 32.2. The smallest absolute Gasteiger partial charge is 0.242 e. The van der Waals surface area contributed by atoms with Crippen LogP contribution in [0.4, 0.5) is 11.4 Å². The fraction of sp³-hybridized carbons (Fsp3) is 0.650. The van der Waals surface area contributed by atoms with Crippen molar-refractivity contribution in [2.45, 2.75) is 63.3 Å². The predicted octanol–water partition coefficient (Wildman–Crippen LogP) is 4.01. The van der Waals surface area contributed by atoms with Crippen LogP contribution in [0.1, 0.15) is 52.4 Å². The van der Waals surface area contributed by atoms with Crippen molar-refractivity contribution < 1.29 is 8.42 Å². The number of hydrogen-bond acceptors (Lipinski definition) is 4. The zero-order valence-electron chi connectivity index (χ0n) is 17.4. The Morgan fingerprint density at radius 2 is 1.93 bits per heavy atom. The third-order valence-electron chi connectivity index (χ3n) is 5.29. The van der Waals surface area contributed by atoms with Crippen LogP contribution in [-0.4, -0.2) is 44.5 Å². The van der Waals surface area contributed by atoms with Crippen LogP contribution in [0.3, 0.4) is 0 Å². The molecule has 6 nitrogen and oxygen atoms in total. The largest absolute Gasteiger partial charge is 0.383 e. The van der Waals surface area contributed by atoms with Gasteiger partial charge in [-0.25, -0.2) is 12.7 Å². The number of unbranched alkanes of at least 4 members (excludes halogenated alkanes) is 1. The Balaban J connectivity index is 2.20. The van der Waals surface area contributed by atoms with Gasteiger partial charge in [-0.1, -0.05) is 33.1 Å². The average Bonchev–Trinajstić information content (AvgIpc) is 2.64. The van der Waals surface area contributed by atoms with Crippen LogP contribution in [-0.2, 0) is 10.0 Å². The van der Waals surface area contributed by atoms with Crippen LogP contribution in [0.2, 0.25) is 0 Å². The first-order valence-electron chi connectivity index (χ1n) is 10.1. The van der Waals surface area contributed by atoms with E-state index in [1.807, 2.05) is 0 Å². The number of nitrogens with zero attached hydrogens (tertiary/aromatic N) is 1. The first-order valence-corrected chi connectivity index (χ1v) is 12.0. The molecule has 28 heavy (non-hydrogen) atoms. The molecule has 0 aliphatic heterocycles. The number of rotatable bonds is 8. The standard InChI is InChI=1S/C20H34N4O2S2/c1-5-6-13-21-18-12-11-16(28(25,26)24(3)4)14-19(18)23-20(27)22-17-10-8-7-9-15(17)2/h11-12,14-15,17,21H,5-10,13H2,1-4H3,(H2,22,23,27)/t15-,17-/m0/s1. The third-order valence-corrected chi connectivity index (χ3v) is 7.32. The number of hydrogen-bond donors (Lipinski definition) is 3. The van der Waals surface area contributed by atoms with Crippen molar-refractivity contribution in [3.63, 3.8) is 0 Å². The van der Waals surface area contributed by atoms with E-state index in [2.05, 4.69) is 29.8 Å². The molecule has 0 heterocycles. The molecule has 0 amide bonds. The van der Waals surface area contributed by atoms with E-state index in [9.17, 15) is 8.42 Å². The van der Waals surface area contributed by atoms with Crippen LogP contribution >= 0.6 is 12.2 Å². The molecular weight excluding hydrogens is 392 g/mol. The quantitative estimate of drug-likeness (QED) is 0.431. The molecule has 1 fully saturated rings. The van der Waals surface area contributed by atoms with Crippen molar-refractivity contribution in [2.24, 2.45) is 5.92 Å². The normalized spacial score (nSPS) is 20.0. The summed E-state index contributed by atoms with van der Waals surface area (Å²) in [4.78, 5) is 0.245. The van der Waals surface area contributed by atoms with Crippen molar-refractivity contribution in [3.05, 3.63) is 18.2 Å². The van der Waals surface area contributed by atoms with Crippen LogP contribution in [0.15, 0.2) is 23.1 Å². The van der Waals surface area contributed by atoms with Gasteiger partial charge in [-0.2, -0.15) is 0 Å². The lowest BCUT2D eigenvalue weighted by Gasteiger charge is -2.30. The molecule has 0 spiro atoms. The second-order valence-corrected chi connectivity index (χ2v) is 10.3. The Hall–Kier alpha value is -1.38. The van der Waals surface area contributed by atoms with Gasteiger partial charge in [0.2, 0.25) is 10.0 Å². The van der Waals surface area contributed by atoms with Crippen molar-refractivity contribution >= 4 is 38.7 Å². The Labute approximate surface area is 175 Å². The van der Waals surface area contributed by atoms with Crippen LogP contribution < -0.4 is 16.0 Å². The summed E-state index contributed by atoms with van der Waals surface area (Å²) in [5, 5.41) is 10.6. The van der Waals surface area contributed by atoms with E-state index < -0.39 is 10.0 Å². The van der Waals surface area contributed by atoms with E-state index >= 15 is 0 Å². The molecule has 0 unspecified atom stereocenters. The minimum atomic E-state index is -3.51. The Morgan fingerprint density at radius 3 is 2.57 bits per heavy atom. The van der Waals surface area contributed by atoms with E-state index in [0.29, 0.717) is 22.8 Å². The number of benzene rings is 1. The van der Waals surface area contributed by atoms with Gasteiger partial charge in [0.15, 0.2) is 5.11 Å². The first-order chi connectivity index (χ1) is 13.3. The molecular formula is C20H34N4O2S2. The maximum atomic E-state index is 12.5. The molecule has 0 radical (unpaired) electrons. The van der Waals surface area contributed by atoms with Crippen molar-refractivity contribution in [3.8, 4) is 0 Å². The minimum Gasteiger partial charge on any atom is -0.383 e. The van der Waals surface area contributed by atoms with Gasteiger partial charge in [0.1, 0.15) is 0 Å². The molecule has 1 aromatic rings. The van der Waals surface area contributed by atoms with E-state index in [1.54, 1.807) is 18.2 Å². The lowest BCUT2D eigenvalue weighted by Crippen LogP contribution is -2.43. The summed E-state index contributed by atoms with van der Waals surface area (Å²) in [5.74, 6) is 0.580. The SMILES string of the molecule is CCCCNc1ccc(S(=O)(=O)N(C)C)cc1NC(=S)N[C@H]1CCCC[C@@H]1C. The molecule has 0 saturated heterocycles. The predicted molar refractivity (Wildman–Crippen MR) is 121 cm³/mol. The summed E-state index contributed by atoms with van der Waals surface area (Å²) in [6.45, 7) is 5.21. The van der Waals surface area contributed by atoms with Crippen LogP contribution in [0.25, 0.3) is 0 Å². The molecule has 1 aromatic carbocycles. The molecule has 1 aliphatic carbocycles. The molecule has 1 aliphatic rings. The van der Waals surface area contributed by atoms with Crippen molar-refractivity contribution in [2.75, 3.05) is 31.3 Å². The molecule has 158 valence electrons. The minimum absolute atomic E-state index is 0.245. The van der Waals surface area contributed by atoms with Gasteiger partial charge in [-0.15, -0.1) is 0 Å². The van der Waals surface area contributed by atoms with Gasteiger partial charge in [0, 0.05) is 26.7 Å². The van der Waals surface area contributed by atoms with E-state index in [4.69, 9.17) is 12.2 Å². The van der Waals surface area contributed by atoms with Crippen LogP contribution in [0, 0.1) is 5.92 Å². The van der Waals surface area contributed by atoms with Gasteiger partial charge in [0.05, 0.1) is 16.3 Å². The fourth-order valence-corrected chi connectivity index (χ4v) is 4.60. The van der Waals surface area contributed by atoms with Crippen molar-refractivity contribution in [1.29, 1.82) is 0 Å². The van der Waals surface area contributed by atoms with Gasteiger partial charge < -0.3 is 16.0 Å². The second-order valence-electron chi connectivity index (χ2n) is 7.74. The zero-order valence-corrected chi connectivity index (χ0v) is 19.0. The molecule has 1 saturated carbocycles. The second kappa shape index (κ2) is 10.4. The lowest BCUT2D eigenvalue weighted by molar-refractivity contribution is 0.309. The summed E-state index contributed by atoms with van der Waals surface area (Å²) in [6, 6.07) is 5.45. The highest BCUT2D eigenvalue weighted by Crippen LogP contribution is 2.28. The Bertz CT molecular complexity index is 765. The van der Waals surface area contributed by atoms with E-state index in [0.717, 1.165) is 31.5 Å². The Kier molecular flexibility index (Phi) is 8.52. The lowest BCUT2D eigenvalue weighted by atomic mass is 9.86. The van der Waals surface area contributed by atoms with Gasteiger partial charge in [0.25, 0.3) is 0 Å². The molecule has 0 aromatic heterocycles. The fourth-order valence-electron chi connectivity index (χ4n) is 3.41. The zero-order chi connectivity index (χ0) is 20.7. The summed E-state index contributed by atoms with van der Waals surface area (Å²) in [5.41, 5.74) is 1.53. The monoisotopic (exact) mass is 426 g/mol. The highest BCUT2D eigenvalue weighted by Gasteiger charge is 2.23. The maximum Gasteiger partial charge on any atom is 0.242 e. The summed E-state index contributed by atoms with van der Waals surface area (Å²) in [6.07, 6.45) is 6.93. The number of sulfonamides is 1. The summed E-state index contributed by atoms with van der Waals surface area (Å²) in [7, 11) is -0.443. The summed E-state index contributed by atoms with van der Waals surface area (Å²) >= 11 is 5.54. The number of nitrogens with one attached hydrogen (secondary N) is 3.